The Morgan fingerprint density at radius 3 is 2.38 bits per heavy atom. The van der Waals surface area contributed by atoms with Crippen molar-refractivity contribution in [1.82, 2.24) is 0 Å². The van der Waals surface area contributed by atoms with Crippen molar-refractivity contribution in [1.29, 1.82) is 0 Å². The van der Waals surface area contributed by atoms with E-state index in [1.807, 2.05) is 0 Å². The number of sulfone groups is 1. The van der Waals surface area contributed by atoms with Gasteiger partial charge in [-0.25, -0.2) is 8.42 Å². The van der Waals surface area contributed by atoms with Crippen LogP contribution in [0.4, 0.5) is 11.4 Å². The molecule has 0 unspecified atom stereocenters. The van der Waals surface area contributed by atoms with Gasteiger partial charge >= 0.3 is 0 Å². The van der Waals surface area contributed by atoms with Crippen LogP contribution in [-0.2, 0) is 14.6 Å². The second kappa shape index (κ2) is 6.28. The molecule has 0 atom stereocenters. The molecule has 21 heavy (non-hydrogen) atoms. The minimum Gasteiger partial charge on any atom is -0.398 e. The Balaban J connectivity index is 2.16. The number of nitrogen functional groups attached to an aromatic ring is 1. The molecule has 0 aliphatic heterocycles. The third-order valence-electron chi connectivity index (χ3n) is 2.72. The highest BCUT2D eigenvalue weighted by Gasteiger charge is 2.21. The summed E-state index contributed by atoms with van der Waals surface area (Å²) in [5.74, 6) is -1.28. The number of para-hydroxylation sites is 2. The van der Waals surface area contributed by atoms with Crippen LogP contribution in [0.5, 0.6) is 0 Å². The second-order valence-corrected chi connectivity index (χ2v) is 7.14. The van der Waals surface area contributed by atoms with Gasteiger partial charge in [-0.2, -0.15) is 0 Å². The first-order valence-corrected chi connectivity index (χ1v) is 8.46. The van der Waals surface area contributed by atoms with Crippen molar-refractivity contribution < 1.29 is 13.2 Å². The number of nitrogens with one attached hydrogen (secondary N) is 1. The molecule has 0 aliphatic rings. The van der Waals surface area contributed by atoms with Crippen LogP contribution in [-0.4, -0.2) is 20.1 Å². The lowest BCUT2D eigenvalue weighted by Crippen LogP contribution is -2.23. The number of halogens is 1. The smallest absolute Gasteiger partial charge is 0.239 e. The highest BCUT2D eigenvalue weighted by molar-refractivity contribution is 9.10. The van der Waals surface area contributed by atoms with E-state index in [-0.39, 0.29) is 10.6 Å². The minimum atomic E-state index is -3.78. The molecule has 2 aromatic carbocycles. The quantitative estimate of drug-likeness (QED) is 0.811. The highest BCUT2D eigenvalue weighted by atomic mass is 79.9. The lowest BCUT2D eigenvalue weighted by molar-refractivity contribution is -0.113. The number of rotatable bonds is 4. The summed E-state index contributed by atoms with van der Waals surface area (Å²) < 4.78 is 25.0. The maximum absolute atomic E-state index is 12.2. The molecule has 1 amide bonds. The summed E-state index contributed by atoms with van der Waals surface area (Å²) in [6.07, 6.45) is 0. The molecule has 0 aromatic heterocycles. The third kappa shape index (κ3) is 3.83. The second-order valence-electron chi connectivity index (χ2n) is 4.32. The first-order valence-electron chi connectivity index (χ1n) is 6.02. The molecule has 0 saturated heterocycles. The average Bonchev–Trinajstić information content (AvgIpc) is 2.41. The summed E-state index contributed by atoms with van der Waals surface area (Å²) in [4.78, 5) is 11.9. The molecule has 0 saturated carbocycles. The van der Waals surface area contributed by atoms with Crippen molar-refractivity contribution >= 4 is 43.0 Å². The van der Waals surface area contributed by atoms with Gasteiger partial charge in [0.25, 0.3) is 0 Å². The molecule has 0 radical (unpaired) electrons. The van der Waals surface area contributed by atoms with Crippen LogP contribution in [0.25, 0.3) is 0 Å². The average molecular weight is 369 g/mol. The van der Waals surface area contributed by atoms with Gasteiger partial charge in [-0.1, -0.05) is 24.3 Å². The molecule has 0 spiro atoms. The van der Waals surface area contributed by atoms with E-state index in [0.29, 0.717) is 10.2 Å². The molecule has 110 valence electrons. The molecule has 0 fully saturated rings. The van der Waals surface area contributed by atoms with Crippen molar-refractivity contribution in [3.05, 3.63) is 53.0 Å². The van der Waals surface area contributed by atoms with Crippen LogP contribution in [0.2, 0.25) is 0 Å². The monoisotopic (exact) mass is 368 g/mol. The number of anilines is 2. The van der Waals surface area contributed by atoms with Gasteiger partial charge in [0.15, 0.2) is 9.84 Å². The van der Waals surface area contributed by atoms with Crippen LogP contribution in [0.1, 0.15) is 0 Å². The molecule has 0 bridgehead atoms. The largest absolute Gasteiger partial charge is 0.398 e. The summed E-state index contributed by atoms with van der Waals surface area (Å²) in [6.45, 7) is 0. The van der Waals surface area contributed by atoms with Crippen LogP contribution >= 0.6 is 15.9 Å². The number of carbonyl (C=O) groups is 1. The SMILES string of the molecule is Nc1ccccc1S(=O)(=O)CC(=O)Nc1ccccc1Br. The number of carbonyl (C=O) groups excluding carboxylic acids is 1. The molecule has 3 N–H and O–H groups in total. The van der Waals surface area contributed by atoms with E-state index >= 15 is 0 Å². The van der Waals surface area contributed by atoms with Crippen molar-refractivity contribution in [2.75, 3.05) is 16.8 Å². The van der Waals surface area contributed by atoms with Gasteiger partial charge in [0, 0.05) is 4.47 Å². The lowest BCUT2D eigenvalue weighted by atomic mass is 10.3. The Hall–Kier alpha value is -1.86. The fraction of sp³-hybridized carbons (Fsp3) is 0.0714. The van der Waals surface area contributed by atoms with Crippen molar-refractivity contribution in [3.8, 4) is 0 Å². The van der Waals surface area contributed by atoms with Gasteiger partial charge in [-0.3, -0.25) is 4.79 Å². The molecule has 0 aliphatic carbocycles. The van der Waals surface area contributed by atoms with E-state index < -0.39 is 21.5 Å². The third-order valence-corrected chi connectivity index (χ3v) is 5.10. The first kappa shape index (κ1) is 15.5. The van der Waals surface area contributed by atoms with E-state index in [9.17, 15) is 13.2 Å². The fourth-order valence-electron chi connectivity index (χ4n) is 1.76. The summed E-state index contributed by atoms with van der Waals surface area (Å²) in [5.41, 5.74) is 6.28. The molecule has 2 rings (SSSR count). The van der Waals surface area contributed by atoms with Gasteiger partial charge in [-0.05, 0) is 40.2 Å². The van der Waals surface area contributed by atoms with Crippen LogP contribution in [0.3, 0.4) is 0 Å². The van der Waals surface area contributed by atoms with E-state index in [1.54, 1.807) is 36.4 Å². The molecule has 5 nitrogen and oxygen atoms in total. The predicted molar refractivity (Wildman–Crippen MR) is 85.7 cm³/mol. The van der Waals surface area contributed by atoms with E-state index in [0.717, 1.165) is 0 Å². The Labute approximate surface area is 131 Å². The number of hydrogen-bond donors (Lipinski definition) is 2. The Morgan fingerprint density at radius 1 is 1.10 bits per heavy atom. The molecular formula is C14H13BrN2O3S. The number of hydrogen-bond acceptors (Lipinski definition) is 4. The van der Waals surface area contributed by atoms with Crippen LogP contribution in [0.15, 0.2) is 57.9 Å². The van der Waals surface area contributed by atoms with Gasteiger partial charge in [0.05, 0.1) is 16.3 Å². The van der Waals surface area contributed by atoms with Gasteiger partial charge in [0.1, 0.15) is 5.75 Å². The molecule has 7 heteroatoms. The molecular weight excluding hydrogens is 356 g/mol. The minimum absolute atomic E-state index is 0.0349. The highest BCUT2D eigenvalue weighted by Crippen LogP contribution is 2.22. The van der Waals surface area contributed by atoms with Crippen molar-refractivity contribution in [3.63, 3.8) is 0 Å². The maximum Gasteiger partial charge on any atom is 0.239 e. The van der Waals surface area contributed by atoms with Gasteiger partial charge in [-0.15, -0.1) is 0 Å². The Kier molecular flexibility index (Phi) is 4.64. The summed E-state index contributed by atoms with van der Waals surface area (Å²) in [6, 6.07) is 13.0. The Bertz CT molecular complexity index is 775. The standard InChI is InChI=1S/C14H13BrN2O3S/c15-10-5-1-3-7-12(10)17-14(18)9-21(19,20)13-8-4-2-6-11(13)16/h1-8H,9,16H2,(H,17,18). The topological polar surface area (TPSA) is 89.3 Å². The zero-order valence-electron chi connectivity index (χ0n) is 10.9. The van der Waals surface area contributed by atoms with Crippen molar-refractivity contribution in [2.24, 2.45) is 0 Å². The molecule has 2 aromatic rings. The summed E-state index contributed by atoms with van der Waals surface area (Å²) in [5, 5.41) is 2.55. The van der Waals surface area contributed by atoms with Crippen molar-refractivity contribution in [2.45, 2.75) is 4.90 Å². The Morgan fingerprint density at radius 2 is 1.71 bits per heavy atom. The summed E-state index contributed by atoms with van der Waals surface area (Å²) >= 11 is 3.28. The van der Waals surface area contributed by atoms with E-state index in [1.165, 1.54) is 12.1 Å². The first-order chi connectivity index (χ1) is 9.90. The van der Waals surface area contributed by atoms with Gasteiger partial charge in [0.2, 0.25) is 5.91 Å². The number of benzene rings is 2. The maximum atomic E-state index is 12.2. The van der Waals surface area contributed by atoms with Crippen LogP contribution < -0.4 is 11.1 Å². The molecule has 0 heterocycles. The lowest BCUT2D eigenvalue weighted by Gasteiger charge is -2.09. The number of amides is 1. The zero-order chi connectivity index (χ0) is 15.5. The van der Waals surface area contributed by atoms with E-state index in [4.69, 9.17) is 5.73 Å². The zero-order valence-corrected chi connectivity index (χ0v) is 13.3. The van der Waals surface area contributed by atoms with Crippen LogP contribution in [0, 0.1) is 0 Å². The fourth-order valence-corrected chi connectivity index (χ4v) is 3.43. The normalized spacial score (nSPS) is 11.1. The van der Waals surface area contributed by atoms with E-state index in [2.05, 4.69) is 21.2 Å². The predicted octanol–water partition coefficient (Wildman–Crippen LogP) is 2.44. The number of nitrogens with two attached hydrogens (primary N) is 1. The summed E-state index contributed by atoms with van der Waals surface area (Å²) in [7, 11) is -3.78. The van der Waals surface area contributed by atoms with Gasteiger partial charge < -0.3 is 11.1 Å².